The highest BCUT2D eigenvalue weighted by Crippen LogP contribution is 2.41. The summed E-state index contributed by atoms with van der Waals surface area (Å²) >= 11 is 0. The summed E-state index contributed by atoms with van der Waals surface area (Å²) in [6.07, 6.45) is 7.42. The molecule has 2 aliphatic carbocycles. The summed E-state index contributed by atoms with van der Waals surface area (Å²) in [5.74, 6) is 0.201. The van der Waals surface area contributed by atoms with Gasteiger partial charge in [0.2, 0.25) is 5.91 Å². The number of carbonyl (C=O) groups is 1. The first-order chi connectivity index (χ1) is 10.2. The van der Waals surface area contributed by atoms with Gasteiger partial charge in [-0.3, -0.25) is 4.79 Å². The summed E-state index contributed by atoms with van der Waals surface area (Å²) in [5, 5.41) is 12.9. The van der Waals surface area contributed by atoms with E-state index in [1.165, 1.54) is 0 Å². The molecule has 0 aromatic heterocycles. The largest absolute Gasteiger partial charge is 0.393 e. The van der Waals surface area contributed by atoms with Crippen LogP contribution in [0.3, 0.4) is 0 Å². The molecule has 1 aromatic carbocycles. The van der Waals surface area contributed by atoms with E-state index in [-0.39, 0.29) is 23.5 Å². The number of rotatable bonds is 3. The van der Waals surface area contributed by atoms with Gasteiger partial charge in [0.1, 0.15) is 0 Å². The van der Waals surface area contributed by atoms with Gasteiger partial charge in [0, 0.05) is 6.04 Å². The SMILES string of the molecule is O=C(NC1CCC(O)CC1)C1(c2ccccc2)CCCC1. The van der Waals surface area contributed by atoms with Crippen LogP contribution in [0.25, 0.3) is 0 Å². The van der Waals surface area contributed by atoms with Gasteiger partial charge in [0.15, 0.2) is 0 Å². The van der Waals surface area contributed by atoms with Crippen LogP contribution in [0.4, 0.5) is 0 Å². The number of benzene rings is 1. The third-order valence-corrected chi connectivity index (χ3v) is 5.25. The molecule has 3 heteroatoms. The number of hydrogen-bond donors (Lipinski definition) is 2. The highest BCUT2D eigenvalue weighted by Gasteiger charge is 2.43. The maximum atomic E-state index is 12.9. The average molecular weight is 287 g/mol. The normalized spacial score (nSPS) is 28.2. The van der Waals surface area contributed by atoms with Gasteiger partial charge in [0.05, 0.1) is 11.5 Å². The Kier molecular flexibility index (Phi) is 4.29. The quantitative estimate of drug-likeness (QED) is 0.898. The van der Waals surface area contributed by atoms with Crippen molar-refractivity contribution in [3.8, 4) is 0 Å². The number of nitrogens with one attached hydrogen (secondary N) is 1. The molecule has 2 aliphatic rings. The lowest BCUT2D eigenvalue weighted by atomic mass is 9.77. The Morgan fingerprint density at radius 1 is 1.05 bits per heavy atom. The summed E-state index contributed by atoms with van der Waals surface area (Å²) in [6, 6.07) is 10.5. The van der Waals surface area contributed by atoms with Gasteiger partial charge in [-0.15, -0.1) is 0 Å². The van der Waals surface area contributed by atoms with Crippen molar-refractivity contribution in [3.63, 3.8) is 0 Å². The van der Waals surface area contributed by atoms with Crippen LogP contribution in [-0.4, -0.2) is 23.2 Å². The van der Waals surface area contributed by atoms with E-state index in [1.807, 2.05) is 18.2 Å². The molecule has 0 saturated heterocycles. The summed E-state index contributed by atoms with van der Waals surface area (Å²) in [6.45, 7) is 0. The number of amides is 1. The zero-order chi connectivity index (χ0) is 14.7. The number of aliphatic hydroxyl groups excluding tert-OH is 1. The zero-order valence-corrected chi connectivity index (χ0v) is 12.6. The van der Waals surface area contributed by atoms with E-state index < -0.39 is 0 Å². The molecule has 1 amide bonds. The molecular formula is C18H25NO2. The smallest absolute Gasteiger partial charge is 0.230 e. The monoisotopic (exact) mass is 287 g/mol. The standard InChI is InChI=1S/C18H25NO2/c20-16-10-8-15(9-11-16)19-17(21)18(12-4-5-13-18)14-6-2-1-3-7-14/h1-3,6-7,15-16,20H,4-5,8-13H2,(H,19,21). The van der Waals surface area contributed by atoms with Crippen LogP contribution in [0.5, 0.6) is 0 Å². The Bertz CT molecular complexity index is 471. The number of carbonyl (C=O) groups excluding carboxylic acids is 1. The van der Waals surface area contributed by atoms with Gasteiger partial charge >= 0.3 is 0 Å². The second-order valence-electron chi connectivity index (χ2n) is 6.63. The Hall–Kier alpha value is -1.35. The third-order valence-electron chi connectivity index (χ3n) is 5.25. The zero-order valence-electron chi connectivity index (χ0n) is 12.6. The molecule has 0 spiro atoms. The fourth-order valence-corrected chi connectivity index (χ4v) is 3.93. The van der Waals surface area contributed by atoms with Gasteiger partial charge in [-0.2, -0.15) is 0 Å². The number of hydrogen-bond acceptors (Lipinski definition) is 2. The van der Waals surface area contributed by atoms with Gasteiger partial charge in [-0.1, -0.05) is 43.2 Å². The van der Waals surface area contributed by atoms with E-state index in [0.29, 0.717) is 0 Å². The van der Waals surface area contributed by atoms with Crippen LogP contribution in [0, 0.1) is 0 Å². The molecule has 0 radical (unpaired) electrons. The molecule has 21 heavy (non-hydrogen) atoms. The van der Waals surface area contributed by atoms with Gasteiger partial charge in [0.25, 0.3) is 0 Å². The molecule has 2 saturated carbocycles. The van der Waals surface area contributed by atoms with Crippen LogP contribution in [0.15, 0.2) is 30.3 Å². The summed E-state index contributed by atoms with van der Waals surface area (Å²) < 4.78 is 0. The van der Waals surface area contributed by atoms with Crippen LogP contribution < -0.4 is 5.32 Å². The lowest BCUT2D eigenvalue weighted by Crippen LogP contribution is -2.48. The first-order valence-corrected chi connectivity index (χ1v) is 8.25. The predicted octanol–water partition coefficient (Wildman–Crippen LogP) is 2.92. The average Bonchev–Trinajstić information content (AvgIpc) is 3.01. The van der Waals surface area contributed by atoms with Crippen molar-refractivity contribution in [3.05, 3.63) is 35.9 Å². The van der Waals surface area contributed by atoms with E-state index >= 15 is 0 Å². The lowest BCUT2D eigenvalue weighted by Gasteiger charge is -2.33. The first kappa shape index (κ1) is 14.6. The first-order valence-electron chi connectivity index (χ1n) is 8.25. The van der Waals surface area contributed by atoms with Crippen molar-refractivity contribution in [2.75, 3.05) is 0 Å². The molecule has 0 heterocycles. The fourth-order valence-electron chi connectivity index (χ4n) is 3.93. The molecule has 0 aliphatic heterocycles. The molecule has 114 valence electrons. The molecule has 0 unspecified atom stereocenters. The maximum Gasteiger partial charge on any atom is 0.230 e. The minimum absolute atomic E-state index is 0.173. The van der Waals surface area contributed by atoms with E-state index in [2.05, 4.69) is 17.4 Å². The lowest BCUT2D eigenvalue weighted by molar-refractivity contribution is -0.127. The highest BCUT2D eigenvalue weighted by molar-refractivity contribution is 5.88. The van der Waals surface area contributed by atoms with Gasteiger partial charge in [-0.05, 0) is 44.1 Å². The predicted molar refractivity (Wildman–Crippen MR) is 83.0 cm³/mol. The minimum atomic E-state index is -0.322. The highest BCUT2D eigenvalue weighted by atomic mass is 16.3. The second kappa shape index (κ2) is 6.18. The van der Waals surface area contributed by atoms with E-state index in [9.17, 15) is 9.90 Å². The summed E-state index contributed by atoms with van der Waals surface area (Å²) in [7, 11) is 0. The molecule has 2 fully saturated rings. The summed E-state index contributed by atoms with van der Waals surface area (Å²) in [4.78, 5) is 12.9. The molecule has 0 atom stereocenters. The second-order valence-corrected chi connectivity index (χ2v) is 6.63. The van der Waals surface area contributed by atoms with E-state index in [0.717, 1.165) is 56.9 Å². The van der Waals surface area contributed by atoms with E-state index in [1.54, 1.807) is 0 Å². The van der Waals surface area contributed by atoms with Crippen molar-refractivity contribution >= 4 is 5.91 Å². The molecule has 0 bridgehead atoms. The van der Waals surface area contributed by atoms with Crippen LogP contribution in [-0.2, 0) is 10.2 Å². The molecule has 3 nitrogen and oxygen atoms in total. The Balaban J connectivity index is 1.74. The fraction of sp³-hybridized carbons (Fsp3) is 0.611. The van der Waals surface area contributed by atoms with Crippen molar-refractivity contribution < 1.29 is 9.90 Å². The topological polar surface area (TPSA) is 49.3 Å². The van der Waals surface area contributed by atoms with Gasteiger partial charge in [-0.25, -0.2) is 0 Å². The Labute approximate surface area is 126 Å². The molecule has 2 N–H and O–H groups in total. The van der Waals surface area contributed by atoms with E-state index in [4.69, 9.17) is 0 Å². The summed E-state index contributed by atoms with van der Waals surface area (Å²) in [5.41, 5.74) is 0.841. The molecule has 1 aromatic rings. The molecular weight excluding hydrogens is 262 g/mol. The van der Waals surface area contributed by atoms with Crippen molar-refractivity contribution in [1.29, 1.82) is 0 Å². The van der Waals surface area contributed by atoms with Crippen molar-refractivity contribution in [2.24, 2.45) is 0 Å². The Morgan fingerprint density at radius 3 is 2.29 bits per heavy atom. The third kappa shape index (κ3) is 2.98. The minimum Gasteiger partial charge on any atom is -0.393 e. The van der Waals surface area contributed by atoms with Crippen LogP contribution in [0.1, 0.15) is 56.9 Å². The Morgan fingerprint density at radius 2 is 1.67 bits per heavy atom. The maximum absolute atomic E-state index is 12.9. The van der Waals surface area contributed by atoms with Crippen LogP contribution in [0.2, 0.25) is 0 Å². The van der Waals surface area contributed by atoms with Crippen molar-refractivity contribution in [1.82, 2.24) is 5.32 Å². The van der Waals surface area contributed by atoms with Crippen LogP contribution >= 0.6 is 0 Å². The van der Waals surface area contributed by atoms with Gasteiger partial charge < -0.3 is 10.4 Å². The molecule has 3 rings (SSSR count). The van der Waals surface area contributed by atoms with Crippen molar-refractivity contribution in [2.45, 2.75) is 68.9 Å². The number of aliphatic hydroxyl groups is 1.